The second-order valence-electron chi connectivity index (χ2n) is 2.88. The minimum absolute atomic E-state index is 0.166. The quantitative estimate of drug-likeness (QED) is 0.694. The molecule has 0 radical (unpaired) electrons. The second-order valence-corrected chi connectivity index (χ2v) is 4.84. The lowest BCUT2D eigenvalue weighted by atomic mass is 10.2. The lowest BCUT2D eigenvalue weighted by Gasteiger charge is -2.09. The van der Waals surface area contributed by atoms with Gasteiger partial charge in [-0.1, -0.05) is 30.3 Å². The third kappa shape index (κ3) is 1.92. The summed E-state index contributed by atoms with van der Waals surface area (Å²) < 4.78 is 0. The summed E-state index contributed by atoms with van der Waals surface area (Å²) >= 11 is 0. The fourth-order valence-corrected chi connectivity index (χ4v) is 2.74. The number of hydrogen-bond acceptors (Lipinski definition) is 1. The molecule has 68 valence electrons. The molecule has 0 fully saturated rings. The zero-order valence-electron chi connectivity index (χ0n) is 7.10. The highest BCUT2D eigenvalue weighted by molar-refractivity contribution is 8.31. The van der Waals surface area contributed by atoms with Gasteiger partial charge < -0.3 is 5.32 Å². The molecule has 2 rings (SSSR count). The molecule has 1 aromatic carbocycles. The van der Waals surface area contributed by atoms with E-state index in [0.717, 1.165) is 5.75 Å². The molecule has 0 aliphatic carbocycles. The number of carbonyl (C=O) groups excluding carboxylic acids is 1. The lowest BCUT2D eigenvalue weighted by molar-refractivity contribution is 0.263. The van der Waals surface area contributed by atoms with Gasteiger partial charge in [0.15, 0.2) is 0 Å². The molecule has 0 saturated carbocycles. The SMILES string of the molecule is O=C1NC=C[SH]1Cc1ccccc1. The van der Waals surface area contributed by atoms with Crippen LogP contribution in [0, 0.1) is 0 Å². The highest BCUT2D eigenvalue weighted by Gasteiger charge is 2.14. The van der Waals surface area contributed by atoms with E-state index >= 15 is 0 Å². The van der Waals surface area contributed by atoms with Crippen LogP contribution in [0.3, 0.4) is 0 Å². The molecule has 13 heavy (non-hydrogen) atoms. The van der Waals surface area contributed by atoms with Crippen LogP contribution in [0.4, 0.5) is 4.79 Å². The molecule has 1 N–H and O–H groups in total. The summed E-state index contributed by atoms with van der Waals surface area (Å²) in [4.78, 5) is 11.2. The molecule has 1 heterocycles. The third-order valence-electron chi connectivity index (χ3n) is 1.92. The van der Waals surface area contributed by atoms with Crippen LogP contribution in [0.1, 0.15) is 5.56 Å². The van der Waals surface area contributed by atoms with E-state index in [1.807, 2.05) is 23.6 Å². The first-order valence-electron chi connectivity index (χ1n) is 4.14. The monoisotopic (exact) mass is 193 g/mol. The van der Waals surface area contributed by atoms with E-state index in [1.165, 1.54) is 5.56 Å². The fraction of sp³-hybridized carbons (Fsp3) is 0.100. The molecule has 0 bridgehead atoms. The van der Waals surface area contributed by atoms with Crippen molar-refractivity contribution < 1.29 is 4.79 Å². The van der Waals surface area contributed by atoms with Gasteiger partial charge in [0.25, 0.3) is 5.24 Å². The Kier molecular flexibility index (Phi) is 2.36. The average molecular weight is 193 g/mol. The lowest BCUT2D eigenvalue weighted by Crippen LogP contribution is -2.08. The summed E-state index contributed by atoms with van der Waals surface area (Å²) in [6.45, 7) is 0. The third-order valence-corrected chi connectivity index (χ3v) is 3.78. The smallest absolute Gasteiger partial charge is 0.266 e. The van der Waals surface area contributed by atoms with Gasteiger partial charge in [0, 0.05) is 12.0 Å². The molecule has 0 spiro atoms. The zero-order chi connectivity index (χ0) is 9.10. The van der Waals surface area contributed by atoms with Crippen LogP contribution in [0.2, 0.25) is 0 Å². The van der Waals surface area contributed by atoms with Crippen molar-refractivity contribution in [3.05, 3.63) is 47.5 Å². The molecule has 1 atom stereocenters. The minimum Gasteiger partial charge on any atom is -0.324 e. The average Bonchev–Trinajstić information content (AvgIpc) is 2.54. The number of hydrogen-bond donors (Lipinski definition) is 2. The van der Waals surface area contributed by atoms with Crippen LogP contribution in [0.15, 0.2) is 41.9 Å². The molecule has 3 heteroatoms. The van der Waals surface area contributed by atoms with E-state index in [1.54, 1.807) is 6.20 Å². The summed E-state index contributed by atoms with van der Waals surface area (Å²) in [5.41, 5.74) is 1.23. The number of amides is 1. The number of thiol groups is 1. The van der Waals surface area contributed by atoms with Crippen LogP contribution in [-0.2, 0) is 5.75 Å². The van der Waals surface area contributed by atoms with Crippen molar-refractivity contribution in [2.75, 3.05) is 0 Å². The Labute approximate surface area is 80.0 Å². The molecule has 2 nitrogen and oxygen atoms in total. The molecule has 1 amide bonds. The van der Waals surface area contributed by atoms with E-state index in [4.69, 9.17) is 0 Å². The summed E-state index contributed by atoms with van der Waals surface area (Å²) in [6, 6.07) is 10.1. The first-order valence-corrected chi connectivity index (χ1v) is 5.73. The molecule has 0 saturated heterocycles. The normalized spacial score (nSPS) is 23.1. The van der Waals surface area contributed by atoms with Gasteiger partial charge in [-0.3, -0.25) is 4.79 Å². The summed E-state index contributed by atoms with van der Waals surface area (Å²) in [5.74, 6) is 0.860. The van der Waals surface area contributed by atoms with Crippen molar-refractivity contribution in [1.82, 2.24) is 5.32 Å². The van der Waals surface area contributed by atoms with Crippen molar-refractivity contribution in [3.63, 3.8) is 0 Å². The molecular formula is C10H11NOS. The Bertz CT molecular complexity index is 334. The maximum absolute atomic E-state index is 11.2. The van der Waals surface area contributed by atoms with Crippen molar-refractivity contribution in [2.45, 2.75) is 5.75 Å². The Morgan fingerprint density at radius 3 is 2.62 bits per heavy atom. The van der Waals surface area contributed by atoms with Gasteiger partial charge in [0.2, 0.25) is 0 Å². The van der Waals surface area contributed by atoms with Crippen molar-refractivity contribution in [2.24, 2.45) is 0 Å². The van der Waals surface area contributed by atoms with Crippen molar-refractivity contribution >= 4 is 16.1 Å². The standard InChI is InChI=1S/C10H11NOS/c12-10-11-6-7-13(10)8-9-4-2-1-3-5-9/h1-7,13H,8H2,(H,11,12). The van der Waals surface area contributed by atoms with Gasteiger partial charge in [0.1, 0.15) is 0 Å². The summed E-state index contributed by atoms with van der Waals surface area (Å²) in [5, 5.41) is 4.84. The summed E-state index contributed by atoms with van der Waals surface area (Å²) in [6.07, 6.45) is 1.75. The van der Waals surface area contributed by atoms with E-state index in [2.05, 4.69) is 17.4 Å². The topological polar surface area (TPSA) is 29.1 Å². The minimum atomic E-state index is -0.613. The summed E-state index contributed by atoms with van der Waals surface area (Å²) in [7, 11) is -0.613. The molecule has 1 aliphatic rings. The van der Waals surface area contributed by atoms with E-state index in [9.17, 15) is 4.79 Å². The first kappa shape index (κ1) is 8.38. The maximum atomic E-state index is 11.2. The Morgan fingerprint density at radius 1 is 1.23 bits per heavy atom. The highest BCUT2D eigenvalue weighted by Crippen LogP contribution is 2.34. The second kappa shape index (κ2) is 3.66. The van der Waals surface area contributed by atoms with Gasteiger partial charge in [-0.05, 0) is 11.0 Å². The predicted molar refractivity (Wildman–Crippen MR) is 56.8 cm³/mol. The van der Waals surface area contributed by atoms with Crippen LogP contribution in [-0.4, -0.2) is 5.24 Å². The number of benzene rings is 1. The molecule has 0 aromatic heterocycles. The molecule has 1 aromatic rings. The van der Waals surface area contributed by atoms with Gasteiger partial charge in [-0.25, -0.2) is 0 Å². The van der Waals surface area contributed by atoms with Crippen LogP contribution in [0.25, 0.3) is 0 Å². The van der Waals surface area contributed by atoms with Crippen LogP contribution >= 0.6 is 10.9 Å². The van der Waals surface area contributed by atoms with Crippen molar-refractivity contribution in [1.29, 1.82) is 0 Å². The zero-order valence-corrected chi connectivity index (χ0v) is 8.00. The number of carbonyl (C=O) groups is 1. The Morgan fingerprint density at radius 2 is 2.00 bits per heavy atom. The van der Waals surface area contributed by atoms with Gasteiger partial charge in [-0.15, -0.1) is 10.9 Å². The van der Waals surface area contributed by atoms with Gasteiger partial charge in [-0.2, -0.15) is 0 Å². The molecular weight excluding hydrogens is 182 g/mol. The largest absolute Gasteiger partial charge is 0.324 e. The van der Waals surface area contributed by atoms with Crippen LogP contribution in [0.5, 0.6) is 0 Å². The Hall–Kier alpha value is -1.22. The number of nitrogens with one attached hydrogen (secondary N) is 1. The molecule has 1 unspecified atom stereocenters. The van der Waals surface area contributed by atoms with E-state index in [0.29, 0.717) is 0 Å². The van der Waals surface area contributed by atoms with Gasteiger partial charge in [0.05, 0.1) is 0 Å². The van der Waals surface area contributed by atoms with Gasteiger partial charge >= 0.3 is 0 Å². The van der Waals surface area contributed by atoms with Crippen LogP contribution < -0.4 is 5.32 Å². The van der Waals surface area contributed by atoms with E-state index < -0.39 is 10.9 Å². The fourth-order valence-electron chi connectivity index (χ4n) is 1.25. The maximum Gasteiger partial charge on any atom is 0.266 e. The number of rotatable bonds is 2. The van der Waals surface area contributed by atoms with Crippen molar-refractivity contribution in [3.8, 4) is 0 Å². The van der Waals surface area contributed by atoms with E-state index in [-0.39, 0.29) is 5.24 Å². The molecule has 1 aliphatic heterocycles. The highest BCUT2D eigenvalue weighted by atomic mass is 32.2. The predicted octanol–water partition coefficient (Wildman–Crippen LogP) is 2.38. The first-order chi connectivity index (χ1) is 6.36. The Balaban J connectivity index is 2.06.